The number of pyridine rings is 1. The third kappa shape index (κ3) is 4.33. The number of piperazine rings is 1. The smallest absolute Gasteiger partial charge is 0.257 e. The van der Waals surface area contributed by atoms with Crippen LogP contribution in [0.25, 0.3) is 0 Å². The van der Waals surface area contributed by atoms with Gasteiger partial charge in [-0.1, -0.05) is 0 Å². The van der Waals surface area contributed by atoms with Crippen LogP contribution in [0.1, 0.15) is 50.9 Å². The van der Waals surface area contributed by atoms with Crippen molar-refractivity contribution in [2.24, 2.45) is 0 Å². The van der Waals surface area contributed by atoms with Gasteiger partial charge >= 0.3 is 0 Å². The Morgan fingerprint density at radius 2 is 1.60 bits per heavy atom. The van der Waals surface area contributed by atoms with Gasteiger partial charge in [0.1, 0.15) is 6.33 Å². The molecule has 8 heteroatoms. The topological polar surface area (TPSA) is 82.5 Å². The second-order valence-corrected chi connectivity index (χ2v) is 8.16. The summed E-state index contributed by atoms with van der Waals surface area (Å²) in [6, 6.07) is 3.87. The molecular weight excluding hydrogens is 380 g/mol. The summed E-state index contributed by atoms with van der Waals surface area (Å²) in [6.45, 7) is 6.52. The maximum Gasteiger partial charge on any atom is 0.257 e. The van der Waals surface area contributed by atoms with Crippen LogP contribution in [0.3, 0.4) is 0 Å². The maximum absolute atomic E-state index is 12.7. The largest absolute Gasteiger partial charge is 0.338 e. The lowest BCUT2D eigenvalue weighted by Crippen LogP contribution is -2.47. The van der Waals surface area contributed by atoms with Crippen LogP contribution in [-0.2, 0) is 0 Å². The zero-order chi connectivity index (χ0) is 21.1. The minimum atomic E-state index is -0.00682. The van der Waals surface area contributed by atoms with E-state index in [-0.39, 0.29) is 11.8 Å². The number of aryl methyl sites for hydroxylation is 1. The van der Waals surface area contributed by atoms with Crippen LogP contribution in [0, 0.1) is 6.92 Å². The highest BCUT2D eigenvalue weighted by molar-refractivity contribution is 5.95. The van der Waals surface area contributed by atoms with Gasteiger partial charge in [0.15, 0.2) is 0 Å². The van der Waals surface area contributed by atoms with Gasteiger partial charge in [-0.25, -0.2) is 9.97 Å². The van der Waals surface area contributed by atoms with Gasteiger partial charge in [0.05, 0.1) is 16.8 Å². The summed E-state index contributed by atoms with van der Waals surface area (Å²) in [5.41, 5.74) is 2.92. The number of amides is 2. The van der Waals surface area contributed by atoms with E-state index in [0.29, 0.717) is 35.8 Å². The lowest BCUT2D eigenvalue weighted by atomic mass is 9.92. The summed E-state index contributed by atoms with van der Waals surface area (Å²) in [5, 5.41) is 0. The average Bonchev–Trinajstić information content (AvgIpc) is 2.79. The van der Waals surface area contributed by atoms with Crippen LogP contribution >= 0.6 is 0 Å². The Labute approximate surface area is 176 Å². The first-order valence-electron chi connectivity index (χ1n) is 10.5. The van der Waals surface area contributed by atoms with Crippen molar-refractivity contribution >= 4 is 11.8 Å². The second-order valence-electron chi connectivity index (χ2n) is 8.16. The maximum atomic E-state index is 12.7. The Bertz CT molecular complexity index is 900. The van der Waals surface area contributed by atoms with Crippen LogP contribution in [0.5, 0.6) is 0 Å². The van der Waals surface area contributed by atoms with Gasteiger partial charge in [0, 0.05) is 63.3 Å². The van der Waals surface area contributed by atoms with Crippen molar-refractivity contribution in [3.63, 3.8) is 0 Å². The Morgan fingerprint density at radius 3 is 2.23 bits per heavy atom. The lowest BCUT2D eigenvalue weighted by molar-refractivity contribution is 0.0661. The van der Waals surface area contributed by atoms with E-state index in [1.165, 1.54) is 6.33 Å². The standard InChI is InChI=1S/C22H28N6O2/c1-16-19(14-23-15-25-16)22(30)27-7-5-17(6-8-27)20-4-3-18(13-24-20)21(29)28-11-9-26(2)10-12-28/h3-4,13-15,17H,5-12H2,1-2H3. The number of piperidine rings is 1. The van der Waals surface area contributed by atoms with Gasteiger partial charge < -0.3 is 14.7 Å². The van der Waals surface area contributed by atoms with E-state index in [2.05, 4.69) is 26.9 Å². The SMILES string of the molecule is Cc1ncncc1C(=O)N1CCC(c2ccc(C(=O)N3CCN(C)CC3)cn2)CC1. The van der Waals surface area contributed by atoms with E-state index in [0.717, 1.165) is 44.7 Å². The zero-order valence-corrected chi connectivity index (χ0v) is 17.6. The minimum absolute atomic E-state index is 0.00682. The van der Waals surface area contributed by atoms with E-state index < -0.39 is 0 Å². The van der Waals surface area contributed by atoms with Gasteiger partial charge in [-0.2, -0.15) is 0 Å². The van der Waals surface area contributed by atoms with E-state index in [4.69, 9.17) is 0 Å². The summed E-state index contributed by atoms with van der Waals surface area (Å²) >= 11 is 0. The molecule has 2 aromatic rings. The Hall–Kier alpha value is -2.87. The molecule has 0 saturated carbocycles. The zero-order valence-electron chi connectivity index (χ0n) is 17.6. The fourth-order valence-electron chi connectivity index (χ4n) is 4.11. The van der Waals surface area contributed by atoms with Crippen LogP contribution in [0.2, 0.25) is 0 Å². The fourth-order valence-corrected chi connectivity index (χ4v) is 4.11. The molecule has 0 aromatic carbocycles. The number of likely N-dealkylation sites (N-methyl/N-ethyl adjacent to an activating group) is 1. The number of aromatic nitrogens is 3. The molecule has 2 aliphatic heterocycles. The number of likely N-dealkylation sites (tertiary alicyclic amines) is 1. The van der Waals surface area contributed by atoms with Crippen LogP contribution in [0.4, 0.5) is 0 Å². The first kappa shape index (κ1) is 20.4. The monoisotopic (exact) mass is 408 g/mol. The van der Waals surface area contributed by atoms with E-state index in [9.17, 15) is 9.59 Å². The molecule has 0 aliphatic carbocycles. The molecule has 0 atom stereocenters. The molecule has 30 heavy (non-hydrogen) atoms. The van der Waals surface area contributed by atoms with Crippen molar-refractivity contribution < 1.29 is 9.59 Å². The van der Waals surface area contributed by atoms with Crippen molar-refractivity contribution in [3.05, 3.63) is 53.4 Å². The molecule has 0 N–H and O–H groups in total. The molecule has 8 nitrogen and oxygen atoms in total. The predicted molar refractivity (Wildman–Crippen MR) is 112 cm³/mol. The first-order chi connectivity index (χ1) is 14.5. The summed E-state index contributed by atoms with van der Waals surface area (Å²) < 4.78 is 0. The van der Waals surface area contributed by atoms with Crippen LogP contribution in [-0.4, -0.2) is 87.8 Å². The summed E-state index contributed by atoms with van der Waals surface area (Å²) in [4.78, 5) is 44.1. The molecule has 2 aliphatic rings. The molecule has 0 unspecified atom stereocenters. The molecule has 4 rings (SSSR count). The number of rotatable bonds is 3. The molecule has 0 spiro atoms. The molecule has 2 fully saturated rings. The van der Waals surface area contributed by atoms with Gasteiger partial charge in [-0.05, 0) is 38.9 Å². The average molecular weight is 409 g/mol. The van der Waals surface area contributed by atoms with Crippen molar-refractivity contribution in [2.45, 2.75) is 25.7 Å². The van der Waals surface area contributed by atoms with Crippen LogP contribution < -0.4 is 0 Å². The number of hydrogen-bond acceptors (Lipinski definition) is 6. The number of hydrogen-bond donors (Lipinski definition) is 0. The molecule has 2 saturated heterocycles. The van der Waals surface area contributed by atoms with Gasteiger partial charge in [0.25, 0.3) is 11.8 Å². The van der Waals surface area contributed by atoms with Gasteiger partial charge in [-0.3, -0.25) is 14.6 Å². The number of carbonyl (C=O) groups is 2. The highest BCUT2D eigenvalue weighted by Crippen LogP contribution is 2.27. The van der Waals surface area contributed by atoms with Crippen molar-refractivity contribution in [1.82, 2.24) is 29.7 Å². The molecule has 0 radical (unpaired) electrons. The molecule has 4 heterocycles. The molecule has 158 valence electrons. The quantitative estimate of drug-likeness (QED) is 0.767. The Morgan fingerprint density at radius 1 is 0.900 bits per heavy atom. The fraction of sp³-hybridized carbons (Fsp3) is 0.500. The van der Waals surface area contributed by atoms with E-state index >= 15 is 0 Å². The molecular formula is C22H28N6O2. The van der Waals surface area contributed by atoms with E-state index in [1.54, 1.807) is 12.4 Å². The number of nitrogens with zero attached hydrogens (tertiary/aromatic N) is 6. The third-order valence-electron chi connectivity index (χ3n) is 6.17. The molecule has 2 aromatic heterocycles. The Balaban J connectivity index is 1.34. The summed E-state index contributed by atoms with van der Waals surface area (Å²) in [7, 11) is 2.08. The second kappa shape index (κ2) is 8.87. The lowest BCUT2D eigenvalue weighted by Gasteiger charge is -2.33. The molecule has 0 bridgehead atoms. The summed E-state index contributed by atoms with van der Waals surface area (Å²) in [5.74, 6) is 0.352. The Kier molecular flexibility index (Phi) is 6.03. The van der Waals surface area contributed by atoms with Crippen molar-refractivity contribution in [2.75, 3.05) is 46.3 Å². The predicted octanol–water partition coefficient (Wildman–Crippen LogP) is 1.59. The van der Waals surface area contributed by atoms with Crippen molar-refractivity contribution in [3.8, 4) is 0 Å². The normalized spacial score (nSPS) is 18.5. The molecule has 2 amide bonds. The first-order valence-corrected chi connectivity index (χ1v) is 10.5. The summed E-state index contributed by atoms with van der Waals surface area (Å²) in [6.07, 6.45) is 6.48. The minimum Gasteiger partial charge on any atom is -0.338 e. The third-order valence-corrected chi connectivity index (χ3v) is 6.17. The van der Waals surface area contributed by atoms with Gasteiger partial charge in [-0.15, -0.1) is 0 Å². The highest BCUT2D eigenvalue weighted by atomic mass is 16.2. The van der Waals surface area contributed by atoms with Crippen molar-refractivity contribution in [1.29, 1.82) is 0 Å². The number of carbonyl (C=O) groups excluding carboxylic acids is 2. The highest BCUT2D eigenvalue weighted by Gasteiger charge is 2.27. The van der Waals surface area contributed by atoms with Crippen LogP contribution in [0.15, 0.2) is 30.9 Å². The van der Waals surface area contributed by atoms with E-state index in [1.807, 2.05) is 28.9 Å². The van der Waals surface area contributed by atoms with Gasteiger partial charge in [0.2, 0.25) is 0 Å².